The van der Waals surface area contributed by atoms with Crippen LogP contribution in [0.4, 0.5) is 0 Å². The van der Waals surface area contributed by atoms with E-state index in [1.807, 2.05) is 13.8 Å². The largest absolute Gasteiger partial charge is 0.466 e. The first-order chi connectivity index (χ1) is 12.2. The number of aromatic nitrogens is 1. The Kier molecular flexibility index (Phi) is 7.66. The molecule has 0 saturated carbocycles. The number of hydrogen-bond donors (Lipinski definition) is 2. The number of likely N-dealkylation sites (tertiary alicyclic amines) is 1. The van der Waals surface area contributed by atoms with E-state index in [1.165, 1.54) is 0 Å². The monoisotopic (exact) mass is 348 g/mol. The molecule has 2 unspecified atom stereocenters. The summed E-state index contributed by atoms with van der Waals surface area (Å²) in [6, 6.07) is 3.57. The summed E-state index contributed by atoms with van der Waals surface area (Å²) in [5.74, 6) is 0.465. The minimum absolute atomic E-state index is 0.123. The SMILES string of the molecule is CCNC(=NCC(O)c1ccncc1)N1CCCC(C(=O)OCC)C1. The molecule has 0 radical (unpaired) electrons. The number of aliphatic imine (C=N–C) groups is 1. The highest BCUT2D eigenvalue weighted by Crippen LogP contribution is 2.18. The fourth-order valence-corrected chi connectivity index (χ4v) is 2.91. The molecule has 2 heterocycles. The third-order valence-corrected chi connectivity index (χ3v) is 4.18. The predicted molar refractivity (Wildman–Crippen MR) is 96.1 cm³/mol. The van der Waals surface area contributed by atoms with Crippen LogP contribution in [0.2, 0.25) is 0 Å². The smallest absolute Gasteiger partial charge is 0.310 e. The molecule has 1 fully saturated rings. The second-order valence-corrected chi connectivity index (χ2v) is 6.03. The van der Waals surface area contributed by atoms with E-state index < -0.39 is 6.10 Å². The van der Waals surface area contributed by atoms with Crippen molar-refractivity contribution in [3.8, 4) is 0 Å². The molecule has 1 saturated heterocycles. The number of aliphatic hydroxyl groups excluding tert-OH is 1. The molecular weight excluding hydrogens is 320 g/mol. The standard InChI is InChI=1S/C18H28N4O3/c1-3-20-18(21-12-16(23)14-7-9-19-10-8-14)22-11-5-6-15(13-22)17(24)25-4-2/h7-10,15-16,23H,3-6,11-13H2,1-2H3,(H,20,21). The summed E-state index contributed by atoms with van der Waals surface area (Å²) in [7, 11) is 0. The molecule has 1 aromatic heterocycles. The number of ether oxygens (including phenoxy) is 1. The first kappa shape index (κ1) is 19.2. The fraction of sp³-hybridized carbons (Fsp3) is 0.611. The van der Waals surface area contributed by atoms with Gasteiger partial charge >= 0.3 is 5.97 Å². The Bertz CT molecular complexity index is 565. The van der Waals surface area contributed by atoms with Gasteiger partial charge in [-0.2, -0.15) is 0 Å². The van der Waals surface area contributed by atoms with Crippen LogP contribution in [-0.4, -0.2) is 59.7 Å². The highest BCUT2D eigenvalue weighted by atomic mass is 16.5. The van der Waals surface area contributed by atoms with Crippen LogP contribution in [0.15, 0.2) is 29.5 Å². The number of aliphatic hydroxyl groups is 1. The van der Waals surface area contributed by atoms with Gasteiger partial charge in [-0.15, -0.1) is 0 Å². The van der Waals surface area contributed by atoms with Crippen LogP contribution in [0.25, 0.3) is 0 Å². The third-order valence-electron chi connectivity index (χ3n) is 4.18. The zero-order chi connectivity index (χ0) is 18.1. The molecule has 0 spiro atoms. The summed E-state index contributed by atoms with van der Waals surface area (Å²) in [6.45, 7) is 6.65. The average Bonchev–Trinajstić information content (AvgIpc) is 2.66. The fourth-order valence-electron chi connectivity index (χ4n) is 2.91. The van der Waals surface area contributed by atoms with E-state index in [2.05, 4.69) is 20.2 Å². The summed E-state index contributed by atoms with van der Waals surface area (Å²) in [5.41, 5.74) is 0.789. The number of rotatable bonds is 6. The number of nitrogens with one attached hydrogen (secondary N) is 1. The van der Waals surface area contributed by atoms with Crippen molar-refractivity contribution in [1.82, 2.24) is 15.2 Å². The lowest BCUT2D eigenvalue weighted by atomic mass is 9.98. The van der Waals surface area contributed by atoms with Crippen molar-refractivity contribution in [2.75, 3.05) is 32.8 Å². The maximum Gasteiger partial charge on any atom is 0.310 e. The van der Waals surface area contributed by atoms with Gasteiger partial charge in [0.15, 0.2) is 5.96 Å². The Morgan fingerprint density at radius 3 is 2.92 bits per heavy atom. The lowest BCUT2D eigenvalue weighted by molar-refractivity contribution is -0.149. The molecule has 1 aromatic rings. The van der Waals surface area contributed by atoms with Crippen LogP contribution in [-0.2, 0) is 9.53 Å². The summed E-state index contributed by atoms with van der Waals surface area (Å²) >= 11 is 0. The number of carbonyl (C=O) groups excluding carboxylic acids is 1. The normalized spacial score (nSPS) is 19.4. The van der Waals surface area contributed by atoms with Gasteiger partial charge in [-0.25, -0.2) is 0 Å². The first-order valence-corrected chi connectivity index (χ1v) is 8.93. The highest BCUT2D eigenvalue weighted by molar-refractivity contribution is 5.81. The Labute approximate surface area is 149 Å². The van der Waals surface area contributed by atoms with Crippen LogP contribution in [0.3, 0.4) is 0 Å². The second-order valence-electron chi connectivity index (χ2n) is 6.03. The van der Waals surface area contributed by atoms with Gasteiger partial charge < -0.3 is 20.1 Å². The van der Waals surface area contributed by atoms with Crippen molar-refractivity contribution < 1.29 is 14.6 Å². The molecule has 0 amide bonds. The molecular formula is C18H28N4O3. The quantitative estimate of drug-likeness (QED) is 0.458. The molecule has 2 N–H and O–H groups in total. The van der Waals surface area contributed by atoms with Crippen LogP contribution in [0.1, 0.15) is 38.4 Å². The summed E-state index contributed by atoms with van der Waals surface area (Å²) in [6.07, 6.45) is 4.39. The molecule has 1 aliphatic rings. The van der Waals surface area contributed by atoms with Crippen molar-refractivity contribution in [2.45, 2.75) is 32.8 Å². The molecule has 0 aliphatic carbocycles. The Balaban J connectivity index is 2.02. The molecule has 138 valence electrons. The van der Waals surface area contributed by atoms with Crippen LogP contribution >= 0.6 is 0 Å². The van der Waals surface area contributed by atoms with Crippen molar-refractivity contribution >= 4 is 11.9 Å². The minimum Gasteiger partial charge on any atom is -0.466 e. The molecule has 7 nitrogen and oxygen atoms in total. The number of esters is 1. The van der Waals surface area contributed by atoms with Gasteiger partial charge in [0, 0.05) is 32.0 Å². The van der Waals surface area contributed by atoms with Gasteiger partial charge in [0.2, 0.25) is 0 Å². The maximum absolute atomic E-state index is 12.0. The summed E-state index contributed by atoms with van der Waals surface area (Å²) in [5, 5.41) is 13.5. The van der Waals surface area contributed by atoms with Gasteiger partial charge in [-0.3, -0.25) is 14.8 Å². The van der Waals surface area contributed by atoms with E-state index in [9.17, 15) is 9.90 Å². The minimum atomic E-state index is -0.678. The third kappa shape index (κ3) is 5.70. The second kappa shape index (κ2) is 9.98. The van der Waals surface area contributed by atoms with Crippen molar-refractivity contribution in [3.63, 3.8) is 0 Å². The van der Waals surface area contributed by atoms with E-state index in [0.29, 0.717) is 13.2 Å². The number of nitrogens with zero attached hydrogens (tertiary/aromatic N) is 3. The number of piperidine rings is 1. The Morgan fingerprint density at radius 1 is 1.48 bits per heavy atom. The number of carbonyl (C=O) groups is 1. The Morgan fingerprint density at radius 2 is 2.24 bits per heavy atom. The van der Waals surface area contributed by atoms with Crippen molar-refractivity contribution in [2.24, 2.45) is 10.9 Å². The highest BCUT2D eigenvalue weighted by Gasteiger charge is 2.28. The zero-order valence-electron chi connectivity index (χ0n) is 15.0. The maximum atomic E-state index is 12.0. The Hall–Kier alpha value is -2.15. The molecule has 25 heavy (non-hydrogen) atoms. The zero-order valence-corrected chi connectivity index (χ0v) is 15.0. The number of pyridine rings is 1. The van der Waals surface area contributed by atoms with Crippen molar-refractivity contribution in [1.29, 1.82) is 0 Å². The predicted octanol–water partition coefficient (Wildman–Crippen LogP) is 1.36. The lowest BCUT2D eigenvalue weighted by Gasteiger charge is -2.34. The molecule has 1 aliphatic heterocycles. The van der Waals surface area contributed by atoms with Gasteiger partial charge in [-0.05, 0) is 44.4 Å². The summed E-state index contributed by atoms with van der Waals surface area (Å²) < 4.78 is 5.15. The molecule has 0 aromatic carbocycles. The van der Waals surface area contributed by atoms with Gasteiger partial charge in [0.1, 0.15) is 0 Å². The molecule has 2 rings (SSSR count). The number of guanidine groups is 1. The van der Waals surface area contributed by atoms with E-state index in [1.54, 1.807) is 24.5 Å². The van der Waals surface area contributed by atoms with Crippen LogP contribution in [0.5, 0.6) is 0 Å². The van der Waals surface area contributed by atoms with E-state index in [4.69, 9.17) is 4.74 Å². The van der Waals surface area contributed by atoms with Gasteiger partial charge in [0.05, 0.1) is 25.2 Å². The summed E-state index contributed by atoms with van der Waals surface area (Å²) in [4.78, 5) is 22.6. The average molecular weight is 348 g/mol. The van der Waals surface area contributed by atoms with Crippen molar-refractivity contribution in [3.05, 3.63) is 30.1 Å². The first-order valence-electron chi connectivity index (χ1n) is 8.93. The topological polar surface area (TPSA) is 87.1 Å². The molecule has 0 bridgehead atoms. The lowest BCUT2D eigenvalue weighted by Crippen LogP contribution is -2.48. The van der Waals surface area contributed by atoms with Gasteiger partial charge in [-0.1, -0.05) is 0 Å². The number of hydrogen-bond acceptors (Lipinski definition) is 5. The van der Waals surface area contributed by atoms with Crippen LogP contribution in [0, 0.1) is 5.92 Å². The molecule has 2 atom stereocenters. The van der Waals surface area contributed by atoms with E-state index in [-0.39, 0.29) is 18.4 Å². The van der Waals surface area contributed by atoms with Crippen LogP contribution < -0.4 is 5.32 Å². The molecule has 7 heteroatoms. The van der Waals surface area contributed by atoms with Gasteiger partial charge in [0.25, 0.3) is 0 Å². The van der Waals surface area contributed by atoms with E-state index in [0.717, 1.165) is 37.5 Å². The van der Waals surface area contributed by atoms with E-state index >= 15 is 0 Å².